The number of benzene rings is 4. The summed E-state index contributed by atoms with van der Waals surface area (Å²) in [5, 5.41) is 34.1. The molecule has 4 aromatic carbocycles. The zero-order valence-electron chi connectivity index (χ0n) is 19.2. The number of phenolic OH excluding ortho intramolecular Hbond substituents is 2. The maximum Gasteiger partial charge on any atom is 0.335 e. The Hall–Kier alpha value is -4.37. The van der Waals surface area contributed by atoms with Gasteiger partial charge in [0, 0.05) is 35.7 Å². The highest BCUT2D eigenvalue weighted by atomic mass is 32.2. The number of hydrogen-bond acceptors (Lipinski definition) is 6. The van der Waals surface area contributed by atoms with Crippen LogP contribution in [0, 0.1) is 0 Å². The van der Waals surface area contributed by atoms with Crippen LogP contribution in [0.5, 0.6) is 11.5 Å². The Balaban J connectivity index is 1.55. The van der Waals surface area contributed by atoms with E-state index in [0.29, 0.717) is 21.9 Å². The Morgan fingerprint density at radius 3 is 2.06 bits per heavy atom. The Morgan fingerprint density at radius 1 is 0.833 bits per heavy atom. The van der Waals surface area contributed by atoms with Crippen LogP contribution >= 0.6 is 0 Å². The summed E-state index contributed by atoms with van der Waals surface area (Å²) in [7, 11) is -3.30. The van der Waals surface area contributed by atoms with Gasteiger partial charge in [-0.2, -0.15) is 0 Å². The van der Waals surface area contributed by atoms with Crippen LogP contribution in [0.25, 0.3) is 10.8 Å². The zero-order valence-corrected chi connectivity index (χ0v) is 20.0. The third kappa shape index (κ3) is 5.31. The maximum absolute atomic E-state index is 12.7. The van der Waals surface area contributed by atoms with Gasteiger partial charge in [-0.25, -0.2) is 13.2 Å². The summed E-state index contributed by atoms with van der Waals surface area (Å²) >= 11 is 0. The van der Waals surface area contributed by atoms with Crippen LogP contribution in [0.1, 0.15) is 37.4 Å². The van der Waals surface area contributed by atoms with E-state index in [9.17, 15) is 28.2 Å². The molecule has 0 spiro atoms. The average molecular weight is 506 g/mol. The second-order valence-corrected chi connectivity index (χ2v) is 10.5. The number of carbonyl (C=O) groups excluding carboxylic acids is 1. The number of amides is 1. The number of carbonyl (C=O) groups is 2. The number of carboxylic acids is 1. The van der Waals surface area contributed by atoms with E-state index in [0.717, 1.165) is 11.8 Å². The van der Waals surface area contributed by atoms with Crippen LogP contribution in [-0.4, -0.2) is 41.9 Å². The minimum atomic E-state index is -3.30. The fraction of sp³-hybridized carbons (Fsp3) is 0.111. The number of hydrogen-bond donors (Lipinski definition) is 4. The van der Waals surface area contributed by atoms with E-state index in [1.54, 1.807) is 36.4 Å². The Kier molecular flexibility index (Phi) is 6.67. The predicted octanol–water partition coefficient (Wildman–Crippen LogP) is 3.87. The normalized spacial score (nSPS) is 11.4. The summed E-state index contributed by atoms with van der Waals surface area (Å²) in [4.78, 5) is 24.0. The summed E-state index contributed by atoms with van der Waals surface area (Å²) < 4.78 is 23.2. The molecule has 0 atom stereocenters. The minimum Gasteiger partial charge on any atom is -0.507 e. The molecule has 0 aliphatic rings. The fourth-order valence-corrected chi connectivity index (χ4v) is 4.46. The van der Waals surface area contributed by atoms with E-state index < -0.39 is 15.8 Å². The van der Waals surface area contributed by atoms with Crippen molar-refractivity contribution < 1.29 is 33.3 Å². The Bertz CT molecular complexity index is 1580. The van der Waals surface area contributed by atoms with Gasteiger partial charge in [0.15, 0.2) is 9.84 Å². The van der Waals surface area contributed by atoms with Crippen LogP contribution in [0.3, 0.4) is 0 Å². The molecule has 1 amide bonds. The first-order valence-corrected chi connectivity index (χ1v) is 12.8. The van der Waals surface area contributed by atoms with Gasteiger partial charge in [-0.05, 0) is 59.0 Å². The van der Waals surface area contributed by atoms with Crippen molar-refractivity contribution in [2.45, 2.75) is 17.9 Å². The first-order chi connectivity index (χ1) is 17.0. The second-order valence-electron chi connectivity index (χ2n) is 8.44. The summed E-state index contributed by atoms with van der Waals surface area (Å²) in [5.41, 5.74) is 2.11. The first-order valence-electron chi connectivity index (χ1n) is 10.9. The van der Waals surface area contributed by atoms with Gasteiger partial charge < -0.3 is 20.6 Å². The summed E-state index contributed by atoms with van der Waals surface area (Å²) in [5.74, 6) is -1.72. The summed E-state index contributed by atoms with van der Waals surface area (Å²) in [6, 6.07) is 18.6. The molecule has 4 N–H and O–H groups in total. The lowest BCUT2D eigenvalue weighted by Gasteiger charge is -2.13. The molecule has 0 unspecified atom stereocenters. The van der Waals surface area contributed by atoms with Gasteiger partial charge in [-0.1, -0.05) is 30.3 Å². The molecule has 0 fully saturated rings. The number of rotatable bonds is 7. The van der Waals surface area contributed by atoms with E-state index in [4.69, 9.17) is 5.11 Å². The van der Waals surface area contributed by atoms with E-state index >= 15 is 0 Å². The minimum absolute atomic E-state index is 0.114. The molecule has 8 nitrogen and oxygen atoms in total. The smallest absolute Gasteiger partial charge is 0.335 e. The highest BCUT2D eigenvalue weighted by Gasteiger charge is 2.16. The highest BCUT2D eigenvalue weighted by molar-refractivity contribution is 7.90. The third-order valence-electron chi connectivity index (χ3n) is 5.84. The van der Waals surface area contributed by atoms with Gasteiger partial charge in [0.25, 0.3) is 5.91 Å². The fourth-order valence-electron chi connectivity index (χ4n) is 3.83. The molecule has 4 aromatic rings. The van der Waals surface area contributed by atoms with Gasteiger partial charge >= 0.3 is 5.97 Å². The maximum atomic E-state index is 12.7. The molecule has 4 rings (SSSR count). The number of sulfone groups is 1. The molecule has 0 aromatic heterocycles. The largest absolute Gasteiger partial charge is 0.507 e. The lowest BCUT2D eigenvalue weighted by Crippen LogP contribution is -2.22. The number of aromatic carboxylic acids is 1. The quantitative estimate of drug-likeness (QED) is 0.299. The summed E-state index contributed by atoms with van der Waals surface area (Å²) in [6.45, 7) is 0.181. The Morgan fingerprint density at radius 2 is 1.44 bits per heavy atom. The number of carboxylic acid groups (broad SMARTS) is 1. The van der Waals surface area contributed by atoms with Crippen molar-refractivity contribution in [3.05, 3.63) is 101 Å². The molecular formula is C27H23NO7S. The molecule has 184 valence electrons. The third-order valence-corrected chi connectivity index (χ3v) is 6.97. The lowest BCUT2D eigenvalue weighted by atomic mass is 9.96. The first kappa shape index (κ1) is 24.7. The number of phenols is 2. The van der Waals surface area contributed by atoms with Crippen molar-refractivity contribution >= 4 is 32.5 Å². The standard InChI is InChI=1S/C27H23NO7S/c1-36(34,35)21-10-4-17(5-11-21)15-28-26(31)20-9-8-19-14-24(29)23(25(30)22(19)13-20)12-16-2-6-18(7-3-16)27(32)33/h2-11,13-14,29-30H,12,15H2,1H3,(H,28,31)(H,32,33). The van der Waals surface area contributed by atoms with E-state index in [1.807, 2.05) is 0 Å². The van der Waals surface area contributed by atoms with Crippen molar-refractivity contribution in [3.63, 3.8) is 0 Å². The second kappa shape index (κ2) is 9.71. The molecule has 0 aliphatic heterocycles. The molecule has 0 heterocycles. The van der Waals surface area contributed by atoms with Gasteiger partial charge in [-0.3, -0.25) is 4.79 Å². The molecule has 0 radical (unpaired) electrons. The van der Waals surface area contributed by atoms with Crippen LogP contribution < -0.4 is 5.32 Å². The molecule has 0 saturated carbocycles. The molecule has 0 saturated heterocycles. The van der Waals surface area contributed by atoms with Gasteiger partial charge in [0.05, 0.1) is 10.5 Å². The number of aromatic hydroxyl groups is 2. The zero-order chi connectivity index (χ0) is 26.0. The van der Waals surface area contributed by atoms with E-state index in [1.165, 1.54) is 36.4 Å². The van der Waals surface area contributed by atoms with Crippen molar-refractivity contribution in [2.24, 2.45) is 0 Å². The molecule has 0 aliphatic carbocycles. The number of fused-ring (bicyclic) bond motifs is 1. The van der Waals surface area contributed by atoms with Crippen molar-refractivity contribution in [1.29, 1.82) is 0 Å². The average Bonchev–Trinajstić information content (AvgIpc) is 2.85. The van der Waals surface area contributed by atoms with Crippen LogP contribution in [0.4, 0.5) is 0 Å². The molecule has 9 heteroatoms. The lowest BCUT2D eigenvalue weighted by molar-refractivity contribution is 0.0696. The van der Waals surface area contributed by atoms with Crippen molar-refractivity contribution in [3.8, 4) is 11.5 Å². The van der Waals surface area contributed by atoms with Crippen molar-refractivity contribution in [1.82, 2.24) is 5.32 Å². The van der Waals surface area contributed by atoms with Gasteiger partial charge in [0.2, 0.25) is 0 Å². The van der Waals surface area contributed by atoms with Gasteiger partial charge in [-0.15, -0.1) is 0 Å². The van der Waals surface area contributed by atoms with Gasteiger partial charge in [0.1, 0.15) is 11.5 Å². The van der Waals surface area contributed by atoms with E-state index in [2.05, 4.69) is 5.32 Å². The Labute approximate surface area is 207 Å². The van der Waals surface area contributed by atoms with Crippen LogP contribution in [0.2, 0.25) is 0 Å². The highest BCUT2D eigenvalue weighted by Crippen LogP contribution is 2.37. The molecule has 0 bridgehead atoms. The predicted molar refractivity (Wildman–Crippen MR) is 134 cm³/mol. The SMILES string of the molecule is CS(=O)(=O)c1ccc(CNC(=O)c2ccc3cc(O)c(Cc4ccc(C(=O)O)cc4)c(O)c3c2)cc1. The van der Waals surface area contributed by atoms with Crippen molar-refractivity contribution in [2.75, 3.05) is 6.26 Å². The monoisotopic (exact) mass is 505 g/mol. The topological polar surface area (TPSA) is 141 Å². The van der Waals surface area contributed by atoms with E-state index in [-0.39, 0.29) is 46.4 Å². The molecule has 36 heavy (non-hydrogen) atoms. The van der Waals surface area contributed by atoms with Crippen LogP contribution in [-0.2, 0) is 22.8 Å². The molecular weight excluding hydrogens is 482 g/mol. The summed E-state index contributed by atoms with van der Waals surface area (Å²) in [6.07, 6.45) is 1.28. The van der Waals surface area contributed by atoms with Crippen LogP contribution in [0.15, 0.2) is 77.7 Å². The number of nitrogens with one attached hydrogen (secondary N) is 1.